The highest BCUT2D eigenvalue weighted by Gasteiger charge is 2.11. The molecule has 0 spiro atoms. The van der Waals surface area contributed by atoms with Gasteiger partial charge in [-0.3, -0.25) is 9.78 Å². The molecular formula is C12H11BrN4O. The molecule has 0 atom stereocenters. The summed E-state index contributed by atoms with van der Waals surface area (Å²) in [6.07, 6.45) is 0. The fourth-order valence-electron chi connectivity index (χ4n) is 1.94. The molecule has 0 bridgehead atoms. The van der Waals surface area contributed by atoms with Crippen LogP contribution < -0.4 is 10.5 Å². The Bertz CT molecular complexity index is 803. The number of nitrogens with zero attached hydrogens (tertiary/aromatic N) is 2. The van der Waals surface area contributed by atoms with Gasteiger partial charge in [-0.15, -0.1) is 0 Å². The second kappa shape index (κ2) is 3.84. The minimum atomic E-state index is -0.156. The van der Waals surface area contributed by atoms with E-state index in [2.05, 4.69) is 30.9 Å². The summed E-state index contributed by atoms with van der Waals surface area (Å²) in [5.41, 5.74) is 1.95. The second-order valence-corrected chi connectivity index (χ2v) is 5.24. The van der Waals surface area contributed by atoms with Gasteiger partial charge in [-0.05, 0) is 18.2 Å². The molecule has 6 heteroatoms. The van der Waals surface area contributed by atoms with Crippen LogP contribution in [0.5, 0.6) is 0 Å². The molecule has 3 aromatic rings. The molecule has 3 rings (SSSR count). The monoisotopic (exact) mass is 306 g/mol. The Morgan fingerprint density at radius 1 is 1.28 bits per heavy atom. The summed E-state index contributed by atoms with van der Waals surface area (Å²) in [5.74, 6) is 0.549. The van der Waals surface area contributed by atoms with Crippen LogP contribution in [0.1, 0.15) is 0 Å². The van der Waals surface area contributed by atoms with Gasteiger partial charge in [0.05, 0.1) is 0 Å². The van der Waals surface area contributed by atoms with E-state index in [0.29, 0.717) is 17.0 Å². The van der Waals surface area contributed by atoms with E-state index in [9.17, 15) is 4.79 Å². The predicted octanol–water partition coefficient (Wildman–Crippen LogP) is 2.23. The fourth-order valence-corrected chi connectivity index (χ4v) is 2.30. The van der Waals surface area contributed by atoms with Crippen molar-refractivity contribution in [2.45, 2.75) is 0 Å². The molecule has 0 amide bonds. The third-order valence-electron chi connectivity index (χ3n) is 2.83. The first-order valence-corrected chi connectivity index (χ1v) is 6.24. The van der Waals surface area contributed by atoms with Crippen LogP contribution in [0.2, 0.25) is 0 Å². The maximum Gasteiger partial charge on any atom is 0.276 e. The number of fused-ring (bicyclic) bond motifs is 3. The normalized spacial score (nSPS) is 11.3. The first-order chi connectivity index (χ1) is 8.56. The molecule has 2 aromatic heterocycles. The number of halogens is 1. The van der Waals surface area contributed by atoms with E-state index in [1.807, 2.05) is 32.3 Å². The third-order valence-corrected chi connectivity index (χ3v) is 3.32. The molecule has 0 saturated carbocycles. The zero-order valence-corrected chi connectivity index (χ0v) is 11.5. The summed E-state index contributed by atoms with van der Waals surface area (Å²) in [4.78, 5) is 24.1. The van der Waals surface area contributed by atoms with Crippen LogP contribution in [0.15, 0.2) is 27.5 Å². The Hall–Kier alpha value is -1.82. The smallest absolute Gasteiger partial charge is 0.276 e. The highest BCUT2D eigenvalue weighted by molar-refractivity contribution is 9.10. The van der Waals surface area contributed by atoms with Crippen LogP contribution in [0, 0.1) is 0 Å². The fraction of sp³-hybridized carbons (Fsp3) is 0.167. The summed E-state index contributed by atoms with van der Waals surface area (Å²) in [6, 6.07) is 5.81. The first kappa shape index (κ1) is 11.3. The molecule has 0 saturated heterocycles. The average Bonchev–Trinajstić information content (AvgIpc) is 2.68. The lowest BCUT2D eigenvalue weighted by atomic mass is 10.2. The molecule has 2 N–H and O–H groups in total. The Morgan fingerprint density at radius 2 is 2.06 bits per heavy atom. The maximum absolute atomic E-state index is 12.0. The van der Waals surface area contributed by atoms with Gasteiger partial charge in [0.1, 0.15) is 11.0 Å². The van der Waals surface area contributed by atoms with E-state index in [0.717, 1.165) is 15.4 Å². The van der Waals surface area contributed by atoms with Crippen molar-refractivity contribution in [3.8, 4) is 0 Å². The molecule has 0 radical (unpaired) electrons. The van der Waals surface area contributed by atoms with Crippen molar-refractivity contribution in [3.63, 3.8) is 0 Å². The van der Waals surface area contributed by atoms with Crippen molar-refractivity contribution in [1.29, 1.82) is 0 Å². The number of aromatic nitrogens is 3. The van der Waals surface area contributed by atoms with Crippen molar-refractivity contribution in [3.05, 3.63) is 33.0 Å². The highest BCUT2D eigenvalue weighted by atomic mass is 79.9. The van der Waals surface area contributed by atoms with Gasteiger partial charge in [-0.1, -0.05) is 15.9 Å². The van der Waals surface area contributed by atoms with E-state index < -0.39 is 0 Å². The number of anilines is 1. The molecule has 1 aromatic carbocycles. The highest BCUT2D eigenvalue weighted by Crippen LogP contribution is 2.25. The molecule has 2 heterocycles. The van der Waals surface area contributed by atoms with E-state index >= 15 is 0 Å². The quantitative estimate of drug-likeness (QED) is 0.724. The van der Waals surface area contributed by atoms with E-state index in [1.165, 1.54) is 0 Å². The summed E-state index contributed by atoms with van der Waals surface area (Å²) >= 11 is 3.43. The molecule has 18 heavy (non-hydrogen) atoms. The topological polar surface area (TPSA) is 64.8 Å². The molecule has 92 valence electrons. The molecule has 0 aliphatic rings. The standard InChI is InChI=1S/C12H11BrN4O/c1-17(2)12-15-9-7-5-6(13)3-4-8(7)14-10(9)11(18)16-12/h3-5,14H,1-2H3,(H,15,16,18). The number of hydrogen-bond donors (Lipinski definition) is 2. The van der Waals surface area contributed by atoms with Crippen molar-refractivity contribution >= 4 is 43.8 Å². The van der Waals surface area contributed by atoms with Crippen LogP contribution >= 0.6 is 15.9 Å². The Kier molecular flexibility index (Phi) is 2.41. The largest absolute Gasteiger partial charge is 0.349 e. The summed E-state index contributed by atoms with van der Waals surface area (Å²) < 4.78 is 0.962. The third kappa shape index (κ3) is 1.60. The first-order valence-electron chi connectivity index (χ1n) is 5.45. The van der Waals surface area contributed by atoms with Crippen molar-refractivity contribution in [1.82, 2.24) is 15.0 Å². The summed E-state index contributed by atoms with van der Waals surface area (Å²) in [6.45, 7) is 0. The van der Waals surface area contributed by atoms with Gasteiger partial charge in [0, 0.05) is 29.5 Å². The van der Waals surface area contributed by atoms with Crippen LogP contribution in [-0.4, -0.2) is 29.0 Å². The van der Waals surface area contributed by atoms with Gasteiger partial charge in [0.25, 0.3) is 5.56 Å². The van der Waals surface area contributed by atoms with Gasteiger partial charge >= 0.3 is 0 Å². The lowest BCUT2D eigenvalue weighted by molar-refractivity contribution is 1.00. The van der Waals surface area contributed by atoms with Gasteiger partial charge in [-0.25, -0.2) is 4.98 Å². The number of H-pyrrole nitrogens is 2. The number of benzene rings is 1. The molecule has 0 aliphatic carbocycles. The van der Waals surface area contributed by atoms with Gasteiger partial charge in [0.15, 0.2) is 0 Å². The Balaban J connectivity index is 2.49. The molecule has 0 unspecified atom stereocenters. The SMILES string of the molecule is CN(C)c1nc2c([nH]c3ccc(Br)cc32)c(=O)[nH]1. The number of aromatic amines is 2. The average molecular weight is 307 g/mol. The van der Waals surface area contributed by atoms with Crippen molar-refractivity contribution < 1.29 is 0 Å². The summed E-state index contributed by atoms with van der Waals surface area (Å²) in [5, 5.41) is 0.938. The zero-order valence-electron chi connectivity index (χ0n) is 9.91. The van der Waals surface area contributed by atoms with Crippen molar-refractivity contribution in [2.75, 3.05) is 19.0 Å². The van der Waals surface area contributed by atoms with Crippen LogP contribution in [-0.2, 0) is 0 Å². The molecule has 0 fully saturated rings. The lowest BCUT2D eigenvalue weighted by Gasteiger charge is -2.09. The van der Waals surface area contributed by atoms with Crippen molar-refractivity contribution in [2.24, 2.45) is 0 Å². The molecule has 5 nitrogen and oxygen atoms in total. The van der Waals surface area contributed by atoms with Gasteiger partial charge in [-0.2, -0.15) is 0 Å². The Morgan fingerprint density at radius 3 is 2.78 bits per heavy atom. The van der Waals surface area contributed by atoms with E-state index in [4.69, 9.17) is 0 Å². The van der Waals surface area contributed by atoms with E-state index in [-0.39, 0.29) is 5.56 Å². The number of hydrogen-bond acceptors (Lipinski definition) is 3. The minimum Gasteiger partial charge on any atom is -0.349 e. The second-order valence-electron chi connectivity index (χ2n) is 4.32. The number of rotatable bonds is 1. The van der Waals surface area contributed by atoms with Crippen LogP contribution in [0.25, 0.3) is 21.9 Å². The molecular weight excluding hydrogens is 296 g/mol. The minimum absolute atomic E-state index is 0.156. The van der Waals surface area contributed by atoms with Crippen LogP contribution in [0.4, 0.5) is 5.95 Å². The predicted molar refractivity (Wildman–Crippen MR) is 76.2 cm³/mol. The molecule has 0 aliphatic heterocycles. The lowest BCUT2D eigenvalue weighted by Crippen LogP contribution is -2.18. The van der Waals surface area contributed by atoms with E-state index in [1.54, 1.807) is 4.90 Å². The summed E-state index contributed by atoms with van der Waals surface area (Å²) in [7, 11) is 3.68. The van der Waals surface area contributed by atoms with Gasteiger partial charge < -0.3 is 9.88 Å². The zero-order chi connectivity index (χ0) is 12.9. The Labute approximate surface area is 111 Å². The maximum atomic E-state index is 12.0. The van der Waals surface area contributed by atoms with Crippen LogP contribution in [0.3, 0.4) is 0 Å². The van der Waals surface area contributed by atoms with Gasteiger partial charge in [0.2, 0.25) is 5.95 Å². The number of nitrogens with one attached hydrogen (secondary N) is 2.